The van der Waals surface area contributed by atoms with Gasteiger partial charge in [-0.3, -0.25) is 4.79 Å². The minimum Gasteiger partial charge on any atom is -1.00 e. The Hall–Kier alpha value is -0.993. The second-order valence-electron chi connectivity index (χ2n) is 4.71. The second-order valence-corrected chi connectivity index (χ2v) is 7.80. The van der Waals surface area contributed by atoms with Gasteiger partial charge in [-0.25, -0.2) is 9.13 Å². The molecule has 1 aromatic rings. The van der Waals surface area contributed by atoms with Gasteiger partial charge in [0, 0.05) is 33.8 Å². The van der Waals surface area contributed by atoms with Gasteiger partial charge >= 0.3 is 8.80 Å². The molecule has 22 heavy (non-hydrogen) atoms. The van der Waals surface area contributed by atoms with Crippen LogP contribution in [0.5, 0.6) is 0 Å². The monoisotopic (exact) mass is 348 g/mol. The van der Waals surface area contributed by atoms with E-state index in [0.29, 0.717) is 13.0 Å². The summed E-state index contributed by atoms with van der Waals surface area (Å²) in [6, 6.07) is 0.767. The van der Waals surface area contributed by atoms with Crippen molar-refractivity contribution in [2.75, 3.05) is 21.3 Å². The summed E-state index contributed by atoms with van der Waals surface area (Å²) in [5.74, 6) is 0.0614. The van der Waals surface area contributed by atoms with Gasteiger partial charge in [-0.2, -0.15) is 0 Å². The van der Waals surface area contributed by atoms with E-state index < -0.39 is 8.80 Å². The Bertz CT molecular complexity index is 455. The molecular formula is C14H25ClN2O4Si. The molecule has 0 fully saturated rings. The van der Waals surface area contributed by atoms with Crippen molar-refractivity contribution in [2.45, 2.75) is 32.0 Å². The Balaban J connectivity index is 0.00000441. The van der Waals surface area contributed by atoms with E-state index in [1.165, 1.54) is 6.08 Å². The maximum atomic E-state index is 11.2. The smallest absolute Gasteiger partial charge is 0.500 e. The topological polar surface area (TPSA) is 53.6 Å². The van der Waals surface area contributed by atoms with Gasteiger partial charge in [-0.15, -0.1) is 0 Å². The quantitative estimate of drug-likeness (QED) is 0.269. The van der Waals surface area contributed by atoms with Gasteiger partial charge in [0.15, 0.2) is 5.78 Å². The fourth-order valence-corrected chi connectivity index (χ4v) is 3.78. The Morgan fingerprint density at radius 2 is 1.95 bits per heavy atom. The van der Waals surface area contributed by atoms with Crippen molar-refractivity contribution in [1.82, 2.24) is 4.57 Å². The maximum absolute atomic E-state index is 11.2. The summed E-state index contributed by atoms with van der Waals surface area (Å²) in [5.41, 5.74) is 0. The fraction of sp³-hybridized carbons (Fsp3) is 0.571. The molecule has 0 unspecified atom stereocenters. The molecule has 0 bridgehead atoms. The Kier molecular flexibility index (Phi) is 10.2. The number of halogens is 1. The third kappa shape index (κ3) is 6.41. The molecule has 0 radical (unpaired) electrons. The first-order chi connectivity index (χ1) is 10.1. The largest absolute Gasteiger partial charge is 1.00 e. The lowest BCUT2D eigenvalue weighted by Crippen LogP contribution is -3.00. The first-order valence-corrected chi connectivity index (χ1v) is 8.88. The fourth-order valence-electron chi connectivity index (χ4n) is 2.08. The van der Waals surface area contributed by atoms with Gasteiger partial charge in [0.1, 0.15) is 12.4 Å². The van der Waals surface area contributed by atoms with Gasteiger partial charge in [-0.05, 0) is 12.5 Å². The molecule has 0 aromatic carbocycles. The van der Waals surface area contributed by atoms with Gasteiger partial charge in [0.2, 0.25) is 6.33 Å². The van der Waals surface area contributed by atoms with E-state index in [2.05, 4.69) is 11.1 Å². The molecule has 0 aliphatic carbocycles. The van der Waals surface area contributed by atoms with E-state index in [1.807, 2.05) is 23.3 Å². The van der Waals surface area contributed by atoms with E-state index in [0.717, 1.165) is 19.0 Å². The van der Waals surface area contributed by atoms with Crippen LogP contribution < -0.4 is 17.0 Å². The van der Waals surface area contributed by atoms with Crippen LogP contribution in [0.25, 0.3) is 0 Å². The molecule has 0 saturated heterocycles. The van der Waals surface area contributed by atoms with Crippen LogP contribution in [0.3, 0.4) is 0 Å². The Morgan fingerprint density at radius 3 is 2.50 bits per heavy atom. The summed E-state index contributed by atoms with van der Waals surface area (Å²) in [4.78, 5) is 11.2. The molecule has 0 atom stereocenters. The highest BCUT2D eigenvalue weighted by Gasteiger charge is 2.37. The van der Waals surface area contributed by atoms with Crippen LogP contribution in [0.15, 0.2) is 31.4 Å². The van der Waals surface area contributed by atoms with E-state index in [4.69, 9.17) is 13.3 Å². The number of carbonyl (C=O) groups is 1. The molecule has 0 amide bonds. The number of hydrogen-bond acceptors (Lipinski definition) is 4. The number of ketones is 1. The number of hydrogen-bond donors (Lipinski definition) is 0. The summed E-state index contributed by atoms with van der Waals surface area (Å²) in [5, 5.41) is 0. The van der Waals surface area contributed by atoms with Crippen LogP contribution in [0, 0.1) is 0 Å². The maximum Gasteiger partial charge on any atom is 0.500 e. The Labute approximate surface area is 139 Å². The highest BCUT2D eigenvalue weighted by molar-refractivity contribution is 6.60. The van der Waals surface area contributed by atoms with E-state index in [9.17, 15) is 4.79 Å². The van der Waals surface area contributed by atoms with Crippen LogP contribution in [0.1, 0.15) is 12.8 Å². The summed E-state index contributed by atoms with van der Waals surface area (Å²) in [7, 11) is 2.40. The van der Waals surface area contributed by atoms with Crippen molar-refractivity contribution in [1.29, 1.82) is 0 Å². The van der Waals surface area contributed by atoms with Crippen molar-refractivity contribution >= 4 is 14.6 Å². The van der Waals surface area contributed by atoms with Crippen molar-refractivity contribution in [3.63, 3.8) is 0 Å². The molecule has 1 aromatic heterocycles. The average molecular weight is 349 g/mol. The molecule has 1 heterocycles. The standard InChI is InChI=1S/C14H25N2O4Si.ClH/c1-5-14(17)7-9-16-11-10-15(13-16)8-6-12-21(18-2,19-3)20-4;/h5,10-11,13H,1,6-9,12H2,2-4H3;1H/q+1;/p-1. The lowest BCUT2D eigenvalue weighted by atomic mass is 10.3. The number of aromatic nitrogens is 2. The molecule has 126 valence electrons. The minimum atomic E-state index is -2.48. The molecule has 0 aliphatic rings. The zero-order valence-corrected chi connectivity index (χ0v) is 15.2. The van der Waals surface area contributed by atoms with Crippen LogP contribution >= 0.6 is 0 Å². The van der Waals surface area contributed by atoms with Gasteiger partial charge in [-0.1, -0.05) is 6.58 Å². The molecule has 1 rings (SSSR count). The molecule has 0 N–H and O–H groups in total. The highest BCUT2D eigenvalue weighted by Crippen LogP contribution is 2.15. The van der Waals surface area contributed by atoms with E-state index in [-0.39, 0.29) is 18.2 Å². The predicted molar refractivity (Wildman–Crippen MR) is 80.7 cm³/mol. The molecule has 0 spiro atoms. The molecule has 8 heteroatoms. The molecule has 6 nitrogen and oxygen atoms in total. The molecule has 0 saturated carbocycles. The van der Waals surface area contributed by atoms with Gasteiger partial charge in [0.05, 0.1) is 13.1 Å². The number of nitrogens with zero attached hydrogens (tertiary/aromatic N) is 2. The summed E-state index contributed by atoms with van der Waals surface area (Å²) in [6.45, 7) is 5.00. The summed E-state index contributed by atoms with van der Waals surface area (Å²) in [6.07, 6.45) is 8.69. The van der Waals surface area contributed by atoms with Crippen molar-refractivity contribution < 1.29 is 35.0 Å². The predicted octanol–water partition coefficient (Wildman–Crippen LogP) is -1.81. The Morgan fingerprint density at radius 1 is 1.32 bits per heavy atom. The van der Waals surface area contributed by atoms with Gasteiger partial charge in [0.25, 0.3) is 0 Å². The van der Waals surface area contributed by atoms with E-state index in [1.54, 1.807) is 21.3 Å². The first kappa shape index (κ1) is 21.0. The average Bonchev–Trinajstić information content (AvgIpc) is 2.97. The number of allylic oxidation sites excluding steroid dienone is 1. The number of imidazole rings is 1. The molecular weight excluding hydrogens is 324 g/mol. The SMILES string of the molecule is C=CC(=O)CC[n+]1ccn(CCC[Si](OC)(OC)OC)c1.[Cl-]. The van der Waals surface area contributed by atoms with Crippen LogP contribution in [-0.2, 0) is 31.2 Å². The lowest BCUT2D eigenvalue weighted by molar-refractivity contribution is -0.695. The third-order valence-electron chi connectivity index (χ3n) is 3.42. The van der Waals surface area contributed by atoms with Crippen LogP contribution in [0.4, 0.5) is 0 Å². The number of rotatable bonds is 11. The number of carbonyl (C=O) groups excluding carboxylic acids is 1. The normalized spacial score (nSPS) is 11.0. The summed E-state index contributed by atoms with van der Waals surface area (Å²) < 4.78 is 20.2. The summed E-state index contributed by atoms with van der Waals surface area (Å²) >= 11 is 0. The van der Waals surface area contributed by atoms with Crippen LogP contribution in [-0.4, -0.2) is 40.5 Å². The first-order valence-electron chi connectivity index (χ1n) is 6.94. The second kappa shape index (κ2) is 10.7. The highest BCUT2D eigenvalue weighted by atomic mass is 35.5. The minimum absolute atomic E-state index is 0. The lowest BCUT2D eigenvalue weighted by Gasteiger charge is -2.23. The third-order valence-corrected chi connectivity index (χ3v) is 6.25. The van der Waals surface area contributed by atoms with Crippen molar-refractivity contribution in [3.05, 3.63) is 31.4 Å². The van der Waals surface area contributed by atoms with Gasteiger partial charge < -0.3 is 25.7 Å². The van der Waals surface area contributed by atoms with Crippen LogP contribution in [0.2, 0.25) is 6.04 Å². The van der Waals surface area contributed by atoms with Crippen molar-refractivity contribution in [3.8, 4) is 0 Å². The zero-order valence-electron chi connectivity index (χ0n) is 13.5. The van der Waals surface area contributed by atoms with Crippen molar-refractivity contribution in [2.24, 2.45) is 0 Å². The number of aryl methyl sites for hydroxylation is 2. The molecule has 0 aliphatic heterocycles. The van der Waals surface area contributed by atoms with E-state index >= 15 is 0 Å². The zero-order chi connectivity index (χ0) is 15.7.